The molecule has 230 valence electrons. The Bertz CT molecular complexity index is 1640. The Morgan fingerprint density at radius 2 is 1.59 bits per heavy atom. The molecule has 1 aliphatic heterocycles. The number of carbonyl (C=O) groups is 1. The Morgan fingerprint density at radius 3 is 2.30 bits per heavy atom. The molecular weight excluding hydrogens is 568 g/mol. The number of hydrogen-bond donors (Lipinski definition) is 0. The van der Waals surface area contributed by atoms with Crippen LogP contribution in [0.2, 0.25) is 5.02 Å². The summed E-state index contributed by atoms with van der Waals surface area (Å²) in [7, 11) is 1.91. The number of carbonyl (C=O) groups excluding carboxylic acids is 1. The van der Waals surface area contributed by atoms with E-state index < -0.39 is 0 Å². The maximum absolute atomic E-state index is 13.4. The van der Waals surface area contributed by atoms with Gasteiger partial charge in [-0.3, -0.25) is 14.5 Å². The Kier molecular flexibility index (Phi) is 10.2. The standard InChI is InChI=1S/C37H43ClN4O2/c1-27-21-28(2)23-33(22-27)37(44)39(4)25-31(30-13-12-29(3)34(38)24-30)14-16-40-17-19-41(20-18-40)35-10-6-5-9-32(35)26-42-15-8-7-11-36(42)43/h5-13,15,21-24,31H,14,16-20,25-26H2,1-4H3/t31-/m1/s1. The Labute approximate surface area is 266 Å². The summed E-state index contributed by atoms with van der Waals surface area (Å²) in [4.78, 5) is 32.6. The van der Waals surface area contributed by atoms with E-state index in [-0.39, 0.29) is 17.4 Å². The average molecular weight is 611 g/mol. The second-order valence-corrected chi connectivity index (χ2v) is 12.6. The van der Waals surface area contributed by atoms with Gasteiger partial charge in [0, 0.05) is 74.2 Å². The van der Waals surface area contributed by atoms with Gasteiger partial charge in [0.15, 0.2) is 0 Å². The fraction of sp³-hybridized carbons (Fsp3) is 0.351. The molecule has 1 amide bonds. The molecule has 4 aromatic rings. The highest BCUT2D eigenvalue weighted by molar-refractivity contribution is 6.31. The third-order valence-corrected chi connectivity index (χ3v) is 9.12. The molecule has 44 heavy (non-hydrogen) atoms. The van der Waals surface area contributed by atoms with Crippen LogP contribution >= 0.6 is 11.6 Å². The molecule has 3 aromatic carbocycles. The first kappa shape index (κ1) is 31.6. The number of pyridine rings is 1. The molecule has 5 rings (SSSR count). The second-order valence-electron chi connectivity index (χ2n) is 12.2. The predicted molar refractivity (Wildman–Crippen MR) is 181 cm³/mol. The van der Waals surface area contributed by atoms with Crippen molar-refractivity contribution in [3.8, 4) is 0 Å². The van der Waals surface area contributed by atoms with Crippen molar-refractivity contribution in [1.82, 2.24) is 14.4 Å². The Morgan fingerprint density at radius 1 is 0.886 bits per heavy atom. The first-order valence-electron chi connectivity index (χ1n) is 15.5. The van der Waals surface area contributed by atoms with Gasteiger partial charge in [-0.1, -0.05) is 65.2 Å². The molecule has 1 fully saturated rings. The minimum Gasteiger partial charge on any atom is -0.369 e. The molecule has 0 aliphatic carbocycles. The van der Waals surface area contributed by atoms with Crippen molar-refractivity contribution >= 4 is 23.2 Å². The van der Waals surface area contributed by atoms with Gasteiger partial charge in [-0.15, -0.1) is 0 Å². The quantitative estimate of drug-likeness (QED) is 0.205. The van der Waals surface area contributed by atoms with Crippen LogP contribution in [-0.4, -0.2) is 66.6 Å². The number of piperazine rings is 1. The highest BCUT2D eigenvalue weighted by atomic mass is 35.5. The first-order chi connectivity index (χ1) is 21.2. The molecule has 0 radical (unpaired) electrons. The van der Waals surface area contributed by atoms with Crippen molar-refractivity contribution in [2.24, 2.45) is 0 Å². The average Bonchev–Trinajstić information content (AvgIpc) is 3.01. The van der Waals surface area contributed by atoms with Crippen LogP contribution in [0.15, 0.2) is 89.9 Å². The second kappa shape index (κ2) is 14.3. The maximum Gasteiger partial charge on any atom is 0.253 e. The SMILES string of the molecule is Cc1cc(C)cc(C(=O)N(C)C[C@@H](CCN2CCN(c3ccccc3Cn3ccccc3=O)CC2)c2ccc(C)c(Cl)c2)c1. The molecule has 6 nitrogen and oxygen atoms in total. The normalized spacial score (nSPS) is 14.4. The third-order valence-electron chi connectivity index (χ3n) is 8.71. The minimum absolute atomic E-state index is 0.0119. The summed E-state index contributed by atoms with van der Waals surface area (Å²) >= 11 is 6.57. The zero-order chi connectivity index (χ0) is 31.2. The monoisotopic (exact) mass is 610 g/mol. The molecule has 0 unspecified atom stereocenters. The summed E-state index contributed by atoms with van der Waals surface area (Å²) in [6.45, 7) is 12.0. The molecule has 0 N–H and O–H groups in total. The third kappa shape index (κ3) is 7.79. The van der Waals surface area contributed by atoms with Crippen LogP contribution in [0.1, 0.15) is 50.5 Å². The molecule has 1 aliphatic rings. The lowest BCUT2D eigenvalue weighted by Crippen LogP contribution is -2.47. The van der Waals surface area contributed by atoms with E-state index in [1.165, 1.54) is 11.3 Å². The molecule has 1 saturated heterocycles. The summed E-state index contributed by atoms with van der Waals surface area (Å²) < 4.78 is 1.76. The molecule has 7 heteroatoms. The summed E-state index contributed by atoms with van der Waals surface area (Å²) in [5, 5.41) is 0.765. The molecule has 0 bridgehead atoms. The number of hydrogen-bond acceptors (Lipinski definition) is 4. The van der Waals surface area contributed by atoms with Crippen molar-refractivity contribution in [3.63, 3.8) is 0 Å². The first-order valence-corrected chi connectivity index (χ1v) is 15.9. The molecule has 1 aromatic heterocycles. The van der Waals surface area contributed by atoms with Crippen molar-refractivity contribution in [3.05, 3.63) is 134 Å². The predicted octanol–water partition coefficient (Wildman–Crippen LogP) is 6.54. The van der Waals surface area contributed by atoms with Crippen LogP contribution in [0.3, 0.4) is 0 Å². The topological polar surface area (TPSA) is 48.8 Å². The van der Waals surface area contributed by atoms with Gasteiger partial charge in [-0.05, 0) is 80.8 Å². The summed E-state index contributed by atoms with van der Waals surface area (Å²) in [6, 6.07) is 26.0. The molecule has 0 spiro atoms. The summed E-state index contributed by atoms with van der Waals surface area (Å²) in [5.41, 5.74) is 7.52. The van der Waals surface area contributed by atoms with E-state index >= 15 is 0 Å². The number of halogens is 1. The van der Waals surface area contributed by atoms with E-state index in [4.69, 9.17) is 11.6 Å². The molecule has 2 heterocycles. The number of anilines is 1. The Hall–Kier alpha value is -3.87. The van der Waals surface area contributed by atoms with E-state index in [1.807, 2.05) is 63.2 Å². The van der Waals surface area contributed by atoms with E-state index in [0.29, 0.717) is 13.1 Å². The zero-order valence-corrected chi connectivity index (χ0v) is 27.1. The van der Waals surface area contributed by atoms with Gasteiger partial charge < -0.3 is 14.4 Å². The number of rotatable bonds is 10. The minimum atomic E-state index is 0.0119. The summed E-state index contributed by atoms with van der Waals surface area (Å²) in [6.07, 6.45) is 2.78. The van der Waals surface area contributed by atoms with E-state index in [0.717, 1.165) is 72.0 Å². The van der Waals surface area contributed by atoms with Crippen LogP contribution in [0.4, 0.5) is 5.69 Å². The highest BCUT2D eigenvalue weighted by Gasteiger charge is 2.23. The van der Waals surface area contributed by atoms with Gasteiger partial charge in [-0.25, -0.2) is 0 Å². The van der Waals surface area contributed by atoms with Crippen LogP contribution in [0.5, 0.6) is 0 Å². The van der Waals surface area contributed by atoms with Crippen molar-refractivity contribution in [1.29, 1.82) is 0 Å². The van der Waals surface area contributed by atoms with Crippen LogP contribution in [-0.2, 0) is 6.54 Å². The van der Waals surface area contributed by atoms with E-state index in [2.05, 4.69) is 52.3 Å². The van der Waals surface area contributed by atoms with Crippen LogP contribution in [0, 0.1) is 20.8 Å². The number of benzene rings is 3. The molecular formula is C37H43ClN4O2. The number of aryl methyl sites for hydroxylation is 3. The smallest absolute Gasteiger partial charge is 0.253 e. The fourth-order valence-corrected chi connectivity index (χ4v) is 6.43. The zero-order valence-electron chi connectivity index (χ0n) is 26.3. The lowest BCUT2D eigenvalue weighted by atomic mass is 9.93. The number of nitrogens with zero attached hydrogens (tertiary/aromatic N) is 4. The number of para-hydroxylation sites is 1. The number of amides is 1. The Balaban J connectivity index is 1.24. The van der Waals surface area contributed by atoms with Gasteiger partial charge in [0.25, 0.3) is 11.5 Å². The van der Waals surface area contributed by atoms with E-state index in [9.17, 15) is 9.59 Å². The van der Waals surface area contributed by atoms with Crippen LogP contribution < -0.4 is 10.5 Å². The number of aromatic nitrogens is 1. The van der Waals surface area contributed by atoms with Gasteiger partial charge in [0.2, 0.25) is 0 Å². The van der Waals surface area contributed by atoms with Gasteiger partial charge in [-0.2, -0.15) is 0 Å². The van der Waals surface area contributed by atoms with Gasteiger partial charge >= 0.3 is 0 Å². The van der Waals surface area contributed by atoms with Crippen LogP contribution in [0.25, 0.3) is 0 Å². The maximum atomic E-state index is 13.4. The van der Waals surface area contributed by atoms with E-state index in [1.54, 1.807) is 16.7 Å². The lowest BCUT2D eigenvalue weighted by molar-refractivity contribution is 0.0782. The lowest BCUT2D eigenvalue weighted by Gasteiger charge is -2.38. The fourth-order valence-electron chi connectivity index (χ4n) is 6.24. The van der Waals surface area contributed by atoms with Crippen molar-refractivity contribution in [2.75, 3.05) is 51.2 Å². The summed E-state index contributed by atoms with van der Waals surface area (Å²) in [5.74, 6) is 0.209. The molecule has 1 atom stereocenters. The highest BCUT2D eigenvalue weighted by Crippen LogP contribution is 2.28. The van der Waals surface area contributed by atoms with Gasteiger partial charge in [0.1, 0.15) is 0 Å². The molecule has 0 saturated carbocycles. The largest absolute Gasteiger partial charge is 0.369 e. The van der Waals surface area contributed by atoms with Crippen molar-refractivity contribution < 1.29 is 4.79 Å². The van der Waals surface area contributed by atoms with Crippen molar-refractivity contribution in [2.45, 2.75) is 39.7 Å². The number of likely N-dealkylation sites (N-methyl/N-ethyl adjacent to an activating group) is 1. The van der Waals surface area contributed by atoms with Gasteiger partial charge in [0.05, 0.1) is 6.54 Å².